The highest BCUT2D eigenvalue weighted by Crippen LogP contribution is 1.98. The van der Waals surface area contributed by atoms with Crippen molar-refractivity contribution in [3.8, 4) is 0 Å². The van der Waals surface area contributed by atoms with Crippen molar-refractivity contribution in [3.05, 3.63) is 0 Å². The molecule has 2 nitrogen and oxygen atoms in total. The third-order valence-corrected chi connectivity index (χ3v) is 0.583. The van der Waals surface area contributed by atoms with Crippen LogP contribution in [-0.4, -0.2) is 10.1 Å². The smallest absolute Gasteiger partial charge is 0.303 e. The van der Waals surface area contributed by atoms with E-state index in [4.69, 9.17) is 0 Å². The van der Waals surface area contributed by atoms with Gasteiger partial charge in [-0.2, -0.15) is 0 Å². The van der Waals surface area contributed by atoms with E-state index in [0.29, 0.717) is 0 Å². The first kappa shape index (κ1) is 7.20. The zero-order chi connectivity index (χ0) is 5.86. The van der Waals surface area contributed by atoms with Crippen molar-refractivity contribution in [2.45, 2.75) is 18.0 Å². The van der Waals surface area contributed by atoms with Gasteiger partial charge in [0, 0.05) is 6.92 Å². The summed E-state index contributed by atoms with van der Waals surface area (Å²) in [6, 6.07) is 0. The van der Waals surface area contributed by atoms with Crippen molar-refractivity contribution >= 4 is 28.6 Å². The van der Waals surface area contributed by atoms with Crippen LogP contribution in [0.3, 0.4) is 0 Å². The van der Waals surface area contributed by atoms with E-state index in [1.807, 2.05) is 29.5 Å². The molecule has 0 aromatic heterocycles. The number of carbonyl (C=O) groups excluding carboxylic acids is 1. The van der Waals surface area contributed by atoms with E-state index >= 15 is 0 Å². The lowest BCUT2D eigenvalue weighted by Gasteiger charge is -1.99. The molecule has 0 aliphatic heterocycles. The van der Waals surface area contributed by atoms with Gasteiger partial charge in [-0.05, 0) is 29.5 Å². The third kappa shape index (κ3) is 6.20. The molecular weight excluding hydrogens is 207 g/mol. The molecule has 1 atom stereocenters. The maximum absolute atomic E-state index is 10.0. The standard InChI is InChI=1S/C4H7IO2/c1-3(5)7-4(2)6/h3H,1-2H3/t3-/m0/s1. The zero-order valence-electron chi connectivity index (χ0n) is 4.27. The molecule has 0 saturated carbocycles. The summed E-state index contributed by atoms with van der Waals surface area (Å²) in [5.74, 6) is -0.220. The van der Waals surface area contributed by atoms with E-state index in [9.17, 15) is 4.79 Å². The fourth-order valence-electron chi connectivity index (χ4n) is 0.229. The minimum absolute atomic E-state index is 0.00454. The van der Waals surface area contributed by atoms with Gasteiger partial charge in [0.25, 0.3) is 0 Å². The number of hydrogen-bond donors (Lipinski definition) is 0. The number of esters is 1. The van der Waals surface area contributed by atoms with Crippen LogP contribution >= 0.6 is 22.6 Å². The molecule has 0 unspecified atom stereocenters. The Labute approximate surface area is 56.4 Å². The van der Waals surface area contributed by atoms with Crippen LogP contribution in [0.25, 0.3) is 0 Å². The minimum Gasteiger partial charge on any atom is -0.452 e. The van der Waals surface area contributed by atoms with Gasteiger partial charge in [-0.1, -0.05) is 0 Å². The summed E-state index contributed by atoms with van der Waals surface area (Å²) in [5, 5.41) is 0. The van der Waals surface area contributed by atoms with Gasteiger partial charge in [0.2, 0.25) is 0 Å². The summed E-state index contributed by atoms with van der Waals surface area (Å²) in [6.07, 6.45) is 0. The molecular formula is C4H7IO2. The molecule has 0 bridgehead atoms. The van der Waals surface area contributed by atoms with Crippen LogP contribution in [0.1, 0.15) is 13.8 Å². The zero-order valence-corrected chi connectivity index (χ0v) is 6.43. The van der Waals surface area contributed by atoms with Crippen molar-refractivity contribution in [2.24, 2.45) is 0 Å². The lowest BCUT2D eigenvalue weighted by atomic mass is 10.8. The molecule has 7 heavy (non-hydrogen) atoms. The lowest BCUT2D eigenvalue weighted by Crippen LogP contribution is -2.03. The van der Waals surface area contributed by atoms with Crippen molar-refractivity contribution in [2.75, 3.05) is 0 Å². The lowest BCUT2D eigenvalue weighted by molar-refractivity contribution is -0.141. The Morgan fingerprint density at radius 3 is 2.29 bits per heavy atom. The number of ether oxygens (including phenoxy) is 1. The molecule has 0 heterocycles. The fourth-order valence-corrected chi connectivity index (χ4v) is 0.587. The fraction of sp³-hybridized carbons (Fsp3) is 0.750. The van der Waals surface area contributed by atoms with Gasteiger partial charge in [0.15, 0.2) is 0 Å². The summed E-state index contributed by atoms with van der Waals surface area (Å²) >= 11 is 2.01. The van der Waals surface area contributed by atoms with Crippen LogP contribution in [0.4, 0.5) is 0 Å². The van der Waals surface area contributed by atoms with Gasteiger partial charge < -0.3 is 4.74 Å². The topological polar surface area (TPSA) is 26.3 Å². The van der Waals surface area contributed by atoms with Gasteiger partial charge in [0.1, 0.15) is 4.11 Å². The van der Waals surface area contributed by atoms with Gasteiger partial charge >= 0.3 is 5.97 Å². The molecule has 0 aliphatic rings. The van der Waals surface area contributed by atoms with Crippen LogP contribution < -0.4 is 0 Å². The molecule has 0 aromatic rings. The summed E-state index contributed by atoms with van der Waals surface area (Å²) in [6.45, 7) is 3.21. The Bertz CT molecular complexity index is 70.1. The second kappa shape index (κ2) is 3.23. The Morgan fingerprint density at radius 1 is 1.86 bits per heavy atom. The normalized spacial score (nSPS) is 13.0. The summed E-state index contributed by atoms with van der Waals surface area (Å²) in [4.78, 5) is 10.0. The monoisotopic (exact) mass is 214 g/mol. The van der Waals surface area contributed by atoms with Crippen LogP contribution in [-0.2, 0) is 9.53 Å². The molecule has 0 spiro atoms. The van der Waals surface area contributed by atoms with E-state index in [0.717, 1.165) is 0 Å². The molecule has 0 aromatic carbocycles. The van der Waals surface area contributed by atoms with E-state index < -0.39 is 0 Å². The van der Waals surface area contributed by atoms with Gasteiger partial charge in [-0.25, -0.2) is 0 Å². The molecule has 3 heteroatoms. The van der Waals surface area contributed by atoms with Crippen molar-refractivity contribution in [1.82, 2.24) is 0 Å². The first-order chi connectivity index (χ1) is 3.13. The number of hydrogen-bond acceptors (Lipinski definition) is 2. The molecule has 0 radical (unpaired) electrons. The van der Waals surface area contributed by atoms with Gasteiger partial charge in [-0.3, -0.25) is 4.79 Å². The maximum Gasteiger partial charge on any atom is 0.303 e. The highest BCUT2D eigenvalue weighted by molar-refractivity contribution is 14.1. The SMILES string of the molecule is CC(=O)O[C@@H](C)I. The summed E-state index contributed by atoms with van der Waals surface area (Å²) in [5.41, 5.74) is 0. The maximum atomic E-state index is 10.0. The van der Waals surface area contributed by atoms with Crippen LogP contribution in [0.2, 0.25) is 0 Å². The van der Waals surface area contributed by atoms with Crippen LogP contribution in [0.5, 0.6) is 0 Å². The average Bonchev–Trinajstić information content (AvgIpc) is 1.27. The van der Waals surface area contributed by atoms with Crippen molar-refractivity contribution < 1.29 is 9.53 Å². The van der Waals surface area contributed by atoms with Crippen LogP contribution in [0.15, 0.2) is 0 Å². The molecule has 0 amide bonds. The number of halogens is 1. The molecule has 0 saturated heterocycles. The quantitative estimate of drug-likeness (QED) is 0.374. The van der Waals surface area contributed by atoms with Gasteiger partial charge in [0.05, 0.1) is 0 Å². The largest absolute Gasteiger partial charge is 0.452 e. The highest BCUT2D eigenvalue weighted by atomic mass is 127. The van der Waals surface area contributed by atoms with Gasteiger partial charge in [-0.15, -0.1) is 0 Å². The number of rotatable bonds is 1. The Kier molecular flexibility index (Phi) is 3.33. The molecule has 0 rings (SSSR count). The van der Waals surface area contributed by atoms with E-state index in [2.05, 4.69) is 4.74 Å². The highest BCUT2D eigenvalue weighted by Gasteiger charge is 1.95. The second-order valence-corrected chi connectivity index (χ2v) is 2.91. The average molecular weight is 214 g/mol. The van der Waals surface area contributed by atoms with E-state index in [1.54, 1.807) is 0 Å². The third-order valence-electron chi connectivity index (χ3n) is 0.328. The first-order valence-electron chi connectivity index (χ1n) is 1.94. The van der Waals surface area contributed by atoms with Crippen LogP contribution in [0, 0.1) is 0 Å². The predicted molar refractivity (Wildman–Crippen MR) is 35.2 cm³/mol. The molecule has 0 aliphatic carbocycles. The molecule has 0 fully saturated rings. The van der Waals surface area contributed by atoms with Crippen molar-refractivity contribution in [1.29, 1.82) is 0 Å². The number of alkyl halides is 1. The summed E-state index contributed by atoms with van der Waals surface area (Å²) in [7, 11) is 0. The second-order valence-electron chi connectivity index (χ2n) is 1.15. The first-order valence-corrected chi connectivity index (χ1v) is 3.19. The number of carbonyl (C=O) groups is 1. The summed E-state index contributed by atoms with van der Waals surface area (Å²) < 4.78 is 4.59. The molecule has 0 N–H and O–H groups in total. The van der Waals surface area contributed by atoms with E-state index in [1.165, 1.54) is 6.92 Å². The van der Waals surface area contributed by atoms with Crippen molar-refractivity contribution in [3.63, 3.8) is 0 Å². The Hall–Kier alpha value is 0.200. The Balaban J connectivity index is 3.13. The van der Waals surface area contributed by atoms with E-state index in [-0.39, 0.29) is 10.1 Å². The Morgan fingerprint density at radius 2 is 2.29 bits per heavy atom. The molecule has 42 valence electrons. The minimum atomic E-state index is -0.220. The predicted octanol–water partition coefficient (Wildman–Crippen LogP) is 1.33.